The number of carbonyl (C=O) groups is 2. The van der Waals surface area contributed by atoms with Crippen LogP contribution in [0.3, 0.4) is 0 Å². The molecule has 0 heterocycles. The van der Waals surface area contributed by atoms with E-state index in [1.165, 1.54) is 13.3 Å². The molecule has 3 aromatic rings. The van der Waals surface area contributed by atoms with Gasteiger partial charge in [0.1, 0.15) is 5.75 Å². The Labute approximate surface area is 191 Å². The number of nitrogens with zero attached hydrogens (tertiary/aromatic N) is 1. The van der Waals surface area contributed by atoms with Gasteiger partial charge in [-0.15, -0.1) is 0 Å². The zero-order valence-corrected chi connectivity index (χ0v) is 18.1. The Morgan fingerprint density at radius 3 is 2.47 bits per heavy atom. The topological polar surface area (TPSA) is 89.0 Å². The van der Waals surface area contributed by atoms with Crippen LogP contribution < -0.4 is 15.5 Å². The van der Waals surface area contributed by atoms with Crippen LogP contribution in [0.15, 0.2) is 84.0 Å². The van der Waals surface area contributed by atoms with Gasteiger partial charge in [-0.1, -0.05) is 48.0 Å². The van der Waals surface area contributed by atoms with E-state index in [0.717, 1.165) is 11.1 Å². The van der Waals surface area contributed by atoms with E-state index in [1.54, 1.807) is 48.5 Å². The molecule has 32 heavy (non-hydrogen) atoms. The molecule has 0 fully saturated rings. The van der Waals surface area contributed by atoms with Crippen LogP contribution in [0.2, 0.25) is 5.02 Å². The van der Waals surface area contributed by atoms with Crippen molar-refractivity contribution in [2.75, 3.05) is 19.0 Å². The zero-order chi connectivity index (χ0) is 22.8. The molecule has 2 N–H and O–H groups in total. The number of carbonyl (C=O) groups excluding carboxylic acids is 2. The van der Waals surface area contributed by atoms with E-state index in [-0.39, 0.29) is 18.4 Å². The summed E-state index contributed by atoms with van der Waals surface area (Å²) >= 11 is 5.90. The van der Waals surface area contributed by atoms with Gasteiger partial charge in [0.05, 0.1) is 6.21 Å². The van der Waals surface area contributed by atoms with Crippen LogP contribution in [0, 0.1) is 0 Å². The van der Waals surface area contributed by atoms with Crippen LogP contribution in [-0.4, -0.2) is 31.7 Å². The van der Waals surface area contributed by atoms with E-state index in [4.69, 9.17) is 21.1 Å². The zero-order valence-electron chi connectivity index (χ0n) is 17.3. The fourth-order valence-corrected chi connectivity index (χ4v) is 3.00. The van der Waals surface area contributed by atoms with Crippen molar-refractivity contribution in [1.82, 2.24) is 5.43 Å². The number of rotatable bonds is 9. The van der Waals surface area contributed by atoms with Crippen LogP contribution in [0.5, 0.6) is 5.75 Å². The lowest BCUT2D eigenvalue weighted by Gasteiger charge is -2.13. The van der Waals surface area contributed by atoms with Crippen LogP contribution >= 0.6 is 11.6 Å². The van der Waals surface area contributed by atoms with E-state index < -0.39 is 6.10 Å². The number of amides is 2. The molecular weight excluding hydrogens is 430 g/mol. The third-order valence-corrected chi connectivity index (χ3v) is 4.56. The van der Waals surface area contributed by atoms with E-state index in [2.05, 4.69) is 15.8 Å². The Balaban J connectivity index is 1.47. The van der Waals surface area contributed by atoms with Crippen molar-refractivity contribution < 1.29 is 19.1 Å². The maximum atomic E-state index is 12.3. The van der Waals surface area contributed by atoms with Crippen molar-refractivity contribution in [2.24, 2.45) is 5.10 Å². The molecular formula is C24H22ClN3O4. The lowest BCUT2D eigenvalue weighted by molar-refractivity contribution is -0.131. The smallest absolute Gasteiger partial charge is 0.273 e. The van der Waals surface area contributed by atoms with Crippen molar-refractivity contribution >= 4 is 35.3 Å². The van der Waals surface area contributed by atoms with Gasteiger partial charge in [0.2, 0.25) is 0 Å². The highest BCUT2D eigenvalue weighted by Gasteiger charge is 2.19. The van der Waals surface area contributed by atoms with Crippen molar-refractivity contribution in [3.8, 4) is 5.75 Å². The number of hydrogen-bond donors (Lipinski definition) is 2. The number of nitrogens with one attached hydrogen (secondary N) is 2. The summed E-state index contributed by atoms with van der Waals surface area (Å²) in [4.78, 5) is 24.3. The average Bonchev–Trinajstić information content (AvgIpc) is 2.80. The Bertz CT molecular complexity index is 1070. The summed E-state index contributed by atoms with van der Waals surface area (Å²) in [6.07, 6.45) is 0.757. The van der Waals surface area contributed by atoms with Gasteiger partial charge in [0.15, 0.2) is 12.7 Å². The molecule has 0 aliphatic rings. The highest BCUT2D eigenvalue weighted by Crippen LogP contribution is 2.17. The minimum atomic E-state index is -0.748. The Morgan fingerprint density at radius 1 is 1.03 bits per heavy atom. The maximum Gasteiger partial charge on any atom is 0.273 e. The van der Waals surface area contributed by atoms with Gasteiger partial charge in [0, 0.05) is 17.8 Å². The molecule has 3 aromatic carbocycles. The number of ether oxygens (including phenoxy) is 2. The van der Waals surface area contributed by atoms with Crippen LogP contribution in [-0.2, 0) is 14.3 Å². The van der Waals surface area contributed by atoms with Gasteiger partial charge < -0.3 is 14.8 Å². The van der Waals surface area contributed by atoms with Crippen molar-refractivity contribution in [1.29, 1.82) is 0 Å². The number of hydrazone groups is 1. The first kappa shape index (κ1) is 23.0. The molecule has 0 unspecified atom stereocenters. The first-order valence-electron chi connectivity index (χ1n) is 9.74. The first-order valence-corrected chi connectivity index (χ1v) is 10.1. The molecule has 0 aliphatic carbocycles. The molecule has 164 valence electrons. The van der Waals surface area contributed by atoms with Gasteiger partial charge in [-0.2, -0.15) is 5.10 Å². The van der Waals surface area contributed by atoms with Gasteiger partial charge in [-0.3, -0.25) is 9.59 Å². The summed E-state index contributed by atoms with van der Waals surface area (Å²) in [7, 11) is 1.47. The molecule has 0 bridgehead atoms. The molecule has 7 nitrogen and oxygen atoms in total. The Kier molecular flexibility index (Phi) is 8.36. The molecule has 3 rings (SSSR count). The number of halogens is 1. The van der Waals surface area contributed by atoms with Crippen molar-refractivity contribution in [3.63, 3.8) is 0 Å². The van der Waals surface area contributed by atoms with Crippen molar-refractivity contribution in [2.45, 2.75) is 6.10 Å². The lowest BCUT2D eigenvalue weighted by Crippen LogP contribution is -2.26. The largest absolute Gasteiger partial charge is 0.484 e. The highest BCUT2D eigenvalue weighted by atomic mass is 35.5. The lowest BCUT2D eigenvalue weighted by atomic mass is 10.1. The van der Waals surface area contributed by atoms with Gasteiger partial charge in [0.25, 0.3) is 11.8 Å². The minimum Gasteiger partial charge on any atom is -0.484 e. The fourth-order valence-electron chi connectivity index (χ4n) is 2.81. The molecule has 2 amide bonds. The summed E-state index contributed by atoms with van der Waals surface area (Å²) in [5, 5.41) is 7.22. The standard InChI is InChI=1S/C24H22ClN3O4/c1-31-23(18-6-3-2-4-7-18)24(30)28-26-15-17-10-12-21(13-11-17)32-16-22(29)27-20-9-5-8-19(25)14-20/h2-15,23H,16H2,1H3,(H,27,29)(H,28,30)/b26-15-/t23-/m1/s1. The van der Waals surface area contributed by atoms with E-state index >= 15 is 0 Å². The third-order valence-electron chi connectivity index (χ3n) is 4.32. The van der Waals surface area contributed by atoms with Gasteiger partial charge in [-0.05, 0) is 53.6 Å². The van der Waals surface area contributed by atoms with Gasteiger partial charge in [-0.25, -0.2) is 5.43 Å². The van der Waals surface area contributed by atoms with Crippen molar-refractivity contribution in [3.05, 3.63) is 95.0 Å². The molecule has 1 atom stereocenters. The maximum absolute atomic E-state index is 12.3. The average molecular weight is 452 g/mol. The van der Waals surface area contributed by atoms with E-state index in [1.807, 2.05) is 30.3 Å². The number of methoxy groups -OCH3 is 1. The SMILES string of the molecule is CO[C@@H](C(=O)N/N=C\c1ccc(OCC(=O)Nc2cccc(Cl)c2)cc1)c1ccccc1. The monoisotopic (exact) mass is 451 g/mol. The van der Waals surface area contributed by atoms with E-state index in [9.17, 15) is 9.59 Å². The number of anilines is 1. The number of benzene rings is 3. The summed E-state index contributed by atoms with van der Waals surface area (Å²) in [5.41, 5.74) is 4.56. The second-order valence-electron chi connectivity index (χ2n) is 6.68. The molecule has 8 heteroatoms. The molecule has 0 aliphatic heterocycles. The first-order chi connectivity index (χ1) is 15.5. The summed E-state index contributed by atoms with van der Waals surface area (Å²) < 4.78 is 10.8. The molecule has 0 spiro atoms. The van der Waals surface area contributed by atoms with Gasteiger partial charge >= 0.3 is 0 Å². The Hall–Kier alpha value is -3.68. The predicted octanol–water partition coefficient (Wildman–Crippen LogP) is 4.20. The fraction of sp³-hybridized carbons (Fsp3) is 0.125. The third kappa shape index (κ3) is 6.94. The van der Waals surface area contributed by atoms with Crippen LogP contribution in [0.4, 0.5) is 5.69 Å². The van der Waals surface area contributed by atoms with Crippen LogP contribution in [0.1, 0.15) is 17.2 Å². The minimum absolute atomic E-state index is 0.145. The second kappa shape index (κ2) is 11.6. The summed E-state index contributed by atoms with van der Waals surface area (Å²) in [6, 6.07) is 23.0. The summed E-state index contributed by atoms with van der Waals surface area (Å²) in [5.74, 6) is -0.150. The normalized spacial score (nSPS) is 11.7. The molecule has 0 saturated carbocycles. The summed E-state index contributed by atoms with van der Waals surface area (Å²) in [6.45, 7) is -0.145. The molecule has 0 aromatic heterocycles. The molecule has 0 saturated heterocycles. The Morgan fingerprint density at radius 2 is 1.78 bits per heavy atom. The predicted molar refractivity (Wildman–Crippen MR) is 124 cm³/mol. The quantitative estimate of drug-likeness (QED) is 0.377. The number of hydrogen-bond acceptors (Lipinski definition) is 5. The highest BCUT2D eigenvalue weighted by molar-refractivity contribution is 6.30. The second-order valence-corrected chi connectivity index (χ2v) is 7.11. The molecule has 0 radical (unpaired) electrons. The van der Waals surface area contributed by atoms with Crippen LogP contribution in [0.25, 0.3) is 0 Å². The van der Waals surface area contributed by atoms with E-state index in [0.29, 0.717) is 16.5 Å².